The predicted molar refractivity (Wildman–Crippen MR) is 30.3 cm³/mol. The molecule has 0 aliphatic heterocycles. The molecule has 0 spiro atoms. The smallest absolute Gasteiger partial charge is 0.0602 e. The number of azide groups is 1. The molecular weight excluding hydrogens is 106 g/mol. The van der Waals surface area contributed by atoms with Gasteiger partial charge in [-0.05, 0) is 12.0 Å². The first-order valence-electron chi connectivity index (χ1n) is 2.50. The van der Waals surface area contributed by atoms with Crippen LogP contribution in [0.15, 0.2) is 5.11 Å². The standard InChI is InChI=1S/C4H9N3O/c1-2-4(3-8)6-7-5/h4,8H,2-3H2,1H3. The fraction of sp³-hybridized carbons (Fsp3) is 1.00. The van der Waals surface area contributed by atoms with Gasteiger partial charge in [-0.3, -0.25) is 0 Å². The van der Waals surface area contributed by atoms with Crippen molar-refractivity contribution in [3.8, 4) is 0 Å². The Morgan fingerprint density at radius 1 is 1.88 bits per heavy atom. The maximum absolute atomic E-state index is 8.39. The molecule has 1 unspecified atom stereocenters. The normalized spacial score (nSPS) is 12.2. The highest BCUT2D eigenvalue weighted by atomic mass is 16.3. The second-order valence-corrected chi connectivity index (χ2v) is 1.45. The van der Waals surface area contributed by atoms with Crippen LogP contribution in [0.5, 0.6) is 0 Å². The SMILES string of the molecule is CCC(CO)N=[N+]=[N-]. The predicted octanol–water partition coefficient (Wildman–Crippen LogP) is 1.07. The molecule has 0 amide bonds. The van der Waals surface area contributed by atoms with Crippen molar-refractivity contribution >= 4 is 0 Å². The Morgan fingerprint density at radius 3 is 2.62 bits per heavy atom. The minimum atomic E-state index is -0.236. The second-order valence-electron chi connectivity index (χ2n) is 1.45. The molecule has 0 saturated carbocycles. The number of aliphatic hydroxyl groups is 1. The average Bonchev–Trinajstić information content (AvgIpc) is 1.83. The summed E-state index contributed by atoms with van der Waals surface area (Å²) in [5.41, 5.74) is 7.85. The molecule has 4 heteroatoms. The summed E-state index contributed by atoms with van der Waals surface area (Å²) < 4.78 is 0. The van der Waals surface area contributed by atoms with Gasteiger partial charge in [0.05, 0.1) is 12.6 Å². The van der Waals surface area contributed by atoms with E-state index in [2.05, 4.69) is 10.0 Å². The van der Waals surface area contributed by atoms with Gasteiger partial charge in [0.25, 0.3) is 0 Å². The van der Waals surface area contributed by atoms with E-state index in [1.165, 1.54) is 0 Å². The highest BCUT2D eigenvalue weighted by Crippen LogP contribution is 1.93. The zero-order chi connectivity index (χ0) is 6.41. The van der Waals surface area contributed by atoms with Crippen LogP contribution >= 0.6 is 0 Å². The van der Waals surface area contributed by atoms with Gasteiger partial charge < -0.3 is 5.11 Å². The summed E-state index contributed by atoms with van der Waals surface area (Å²) in [5.74, 6) is 0. The summed E-state index contributed by atoms with van der Waals surface area (Å²) in [5, 5.41) is 11.7. The highest BCUT2D eigenvalue weighted by Gasteiger charge is 1.97. The minimum Gasteiger partial charge on any atom is -0.396 e. The Balaban J connectivity index is 3.52. The highest BCUT2D eigenvalue weighted by molar-refractivity contribution is 4.61. The van der Waals surface area contributed by atoms with Crippen LogP contribution in [0.3, 0.4) is 0 Å². The van der Waals surface area contributed by atoms with Crippen LogP contribution in [0.25, 0.3) is 10.4 Å². The van der Waals surface area contributed by atoms with Crippen LogP contribution < -0.4 is 0 Å². The fourth-order valence-corrected chi connectivity index (χ4v) is 0.320. The molecule has 0 heterocycles. The lowest BCUT2D eigenvalue weighted by Gasteiger charge is -1.98. The maximum Gasteiger partial charge on any atom is 0.0602 e. The molecule has 0 aromatic rings. The van der Waals surface area contributed by atoms with Gasteiger partial charge in [-0.2, -0.15) is 0 Å². The number of aliphatic hydroxyl groups excluding tert-OH is 1. The van der Waals surface area contributed by atoms with E-state index in [-0.39, 0.29) is 12.6 Å². The summed E-state index contributed by atoms with van der Waals surface area (Å²) in [6, 6.07) is -0.236. The topological polar surface area (TPSA) is 69.0 Å². The Hall–Kier alpha value is -0.730. The second kappa shape index (κ2) is 4.43. The third-order valence-corrected chi connectivity index (χ3v) is 0.897. The Bertz CT molecular complexity index is 93.5. The van der Waals surface area contributed by atoms with Crippen molar-refractivity contribution < 1.29 is 5.11 Å². The van der Waals surface area contributed by atoms with E-state index in [4.69, 9.17) is 10.6 Å². The van der Waals surface area contributed by atoms with E-state index < -0.39 is 0 Å². The molecule has 1 N–H and O–H groups in total. The largest absolute Gasteiger partial charge is 0.396 e. The zero-order valence-corrected chi connectivity index (χ0v) is 4.78. The Morgan fingerprint density at radius 2 is 2.50 bits per heavy atom. The van der Waals surface area contributed by atoms with E-state index in [0.29, 0.717) is 6.42 Å². The Kier molecular flexibility index (Phi) is 4.03. The average molecular weight is 115 g/mol. The van der Waals surface area contributed by atoms with Gasteiger partial charge in [-0.15, -0.1) is 0 Å². The lowest BCUT2D eigenvalue weighted by Crippen LogP contribution is -2.05. The van der Waals surface area contributed by atoms with Gasteiger partial charge in [0.1, 0.15) is 0 Å². The van der Waals surface area contributed by atoms with E-state index in [1.54, 1.807) is 0 Å². The van der Waals surface area contributed by atoms with Crippen molar-refractivity contribution in [2.24, 2.45) is 5.11 Å². The van der Waals surface area contributed by atoms with Gasteiger partial charge >= 0.3 is 0 Å². The summed E-state index contributed by atoms with van der Waals surface area (Å²) in [4.78, 5) is 2.54. The molecular formula is C4H9N3O. The van der Waals surface area contributed by atoms with Gasteiger partial charge in [-0.1, -0.05) is 12.0 Å². The summed E-state index contributed by atoms with van der Waals surface area (Å²) in [6.07, 6.45) is 0.695. The summed E-state index contributed by atoms with van der Waals surface area (Å²) >= 11 is 0. The third-order valence-electron chi connectivity index (χ3n) is 0.897. The Labute approximate surface area is 47.8 Å². The van der Waals surface area contributed by atoms with Gasteiger partial charge in [0, 0.05) is 4.91 Å². The van der Waals surface area contributed by atoms with Crippen molar-refractivity contribution in [1.82, 2.24) is 0 Å². The first-order chi connectivity index (χ1) is 3.85. The summed E-state index contributed by atoms with van der Waals surface area (Å²) in [6.45, 7) is 1.80. The molecule has 8 heavy (non-hydrogen) atoms. The van der Waals surface area contributed by atoms with E-state index in [9.17, 15) is 0 Å². The first-order valence-corrected chi connectivity index (χ1v) is 2.50. The molecule has 4 nitrogen and oxygen atoms in total. The molecule has 0 radical (unpaired) electrons. The van der Waals surface area contributed by atoms with Crippen LogP contribution in [0.1, 0.15) is 13.3 Å². The lowest BCUT2D eigenvalue weighted by molar-refractivity contribution is 0.263. The van der Waals surface area contributed by atoms with E-state index in [0.717, 1.165) is 0 Å². The lowest BCUT2D eigenvalue weighted by atomic mass is 10.3. The summed E-state index contributed by atoms with van der Waals surface area (Å²) in [7, 11) is 0. The van der Waals surface area contributed by atoms with Gasteiger partial charge in [0.2, 0.25) is 0 Å². The monoisotopic (exact) mass is 115 g/mol. The molecule has 0 aromatic heterocycles. The molecule has 0 aliphatic rings. The molecule has 0 saturated heterocycles. The van der Waals surface area contributed by atoms with Crippen molar-refractivity contribution in [3.05, 3.63) is 10.4 Å². The number of rotatable bonds is 3. The van der Waals surface area contributed by atoms with Gasteiger partial charge in [0.15, 0.2) is 0 Å². The number of hydrogen-bond donors (Lipinski definition) is 1. The van der Waals surface area contributed by atoms with Crippen LogP contribution in [-0.4, -0.2) is 17.8 Å². The number of nitrogens with zero attached hydrogens (tertiary/aromatic N) is 3. The van der Waals surface area contributed by atoms with Crippen molar-refractivity contribution in [1.29, 1.82) is 0 Å². The molecule has 46 valence electrons. The number of hydrogen-bond acceptors (Lipinski definition) is 2. The molecule has 0 fully saturated rings. The van der Waals surface area contributed by atoms with Crippen molar-refractivity contribution in [2.45, 2.75) is 19.4 Å². The third kappa shape index (κ3) is 2.44. The van der Waals surface area contributed by atoms with E-state index in [1.807, 2.05) is 6.92 Å². The molecule has 0 aromatic carbocycles. The van der Waals surface area contributed by atoms with Crippen molar-refractivity contribution in [3.63, 3.8) is 0 Å². The van der Waals surface area contributed by atoms with Gasteiger partial charge in [-0.25, -0.2) is 0 Å². The minimum absolute atomic E-state index is 0.0550. The molecule has 0 rings (SSSR count). The quantitative estimate of drug-likeness (QED) is 0.333. The van der Waals surface area contributed by atoms with E-state index >= 15 is 0 Å². The van der Waals surface area contributed by atoms with Crippen molar-refractivity contribution in [2.75, 3.05) is 6.61 Å². The fourth-order valence-electron chi connectivity index (χ4n) is 0.320. The van der Waals surface area contributed by atoms with Crippen LogP contribution in [0.2, 0.25) is 0 Å². The van der Waals surface area contributed by atoms with Crippen LogP contribution in [0, 0.1) is 0 Å². The van der Waals surface area contributed by atoms with Crippen LogP contribution in [-0.2, 0) is 0 Å². The molecule has 0 bridgehead atoms. The maximum atomic E-state index is 8.39. The zero-order valence-electron chi connectivity index (χ0n) is 4.78. The molecule has 0 aliphatic carbocycles. The first kappa shape index (κ1) is 7.27. The van der Waals surface area contributed by atoms with Crippen LogP contribution in [0.4, 0.5) is 0 Å². The molecule has 1 atom stereocenters.